The number of aliphatic hydroxyl groups excluding tert-OH is 1. The number of benzene rings is 2. The van der Waals surface area contributed by atoms with E-state index in [1.54, 1.807) is 12.1 Å². The Bertz CT molecular complexity index is 1020. The summed E-state index contributed by atoms with van der Waals surface area (Å²) in [4.78, 5) is 17.9. The van der Waals surface area contributed by atoms with Gasteiger partial charge in [-0.3, -0.25) is 18.8 Å². The zero-order chi connectivity index (χ0) is 28.0. The van der Waals surface area contributed by atoms with Crippen molar-refractivity contribution in [3.63, 3.8) is 0 Å². The molecule has 2 atom stereocenters. The zero-order valence-electron chi connectivity index (χ0n) is 23.4. The Kier molecular flexibility index (Phi) is 13.0. The van der Waals surface area contributed by atoms with Crippen LogP contribution in [0.1, 0.15) is 33.6 Å². The molecule has 2 aromatic carbocycles. The van der Waals surface area contributed by atoms with E-state index in [1.807, 2.05) is 44.2 Å². The molecule has 0 aliphatic carbocycles. The highest BCUT2D eigenvalue weighted by molar-refractivity contribution is 7.85. The van der Waals surface area contributed by atoms with Crippen LogP contribution in [0.25, 0.3) is 0 Å². The third-order valence-corrected chi connectivity index (χ3v) is 7.82. The Balaban J connectivity index is 1.39. The van der Waals surface area contributed by atoms with E-state index in [-0.39, 0.29) is 19.1 Å². The maximum atomic E-state index is 12.8. The minimum Gasteiger partial charge on any atom is -0.492 e. The SMILES string of the molecule is CCCCS(=O)c1ccc(OCC(O)CN2CCN(CC(=O)Nc3c(OCC)cccc3OCC)CC2)cc1. The summed E-state index contributed by atoms with van der Waals surface area (Å²) >= 11 is 0. The van der Waals surface area contributed by atoms with Crippen molar-refractivity contribution in [3.8, 4) is 17.2 Å². The van der Waals surface area contributed by atoms with Crippen LogP contribution in [0.3, 0.4) is 0 Å². The minimum absolute atomic E-state index is 0.120. The number of piperazine rings is 1. The smallest absolute Gasteiger partial charge is 0.238 e. The highest BCUT2D eigenvalue weighted by Crippen LogP contribution is 2.34. The van der Waals surface area contributed by atoms with Gasteiger partial charge in [0.2, 0.25) is 5.91 Å². The van der Waals surface area contributed by atoms with Crippen LogP contribution >= 0.6 is 0 Å². The molecule has 216 valence electrons. The van der Waals surface area contributed by atoms with Gasteiger partial charge >= 0.3 is 0 Å². The first kappa shape index (κ1) is 30.9. The number of amides is 1. The normalized spacial score (nSPS) is 15.9. The summed E-state index contributed by atoms with van der Waals surface area (Å²) in [6.07, 6.45) is 1.33. The van der Waals surface area contributed by atoms with Crippen molar-refractivity contribution in [2.75, 3.05) is 70.2 Å². The van der Waals surface area contributed by atoms with Gasteiger partial charge in [-0.05, 0) is 56.7 Å². The Morgan fingerprint density at radius 2 is 1.56 bits per heavy atom. The number of nitrogens with zero attached hydrogens (tertiary/aromatic N) is 2. The first-order chi connectivity index (χ1) is 18.9. The Hall–Kier alpha value is -2.66. The van der Waals surface area contributed by atoms with Gasteiger partial charge in [0.25, 0.3) is 0 Å². The summed E-state index contributed by atoms with van der Waals surface area (Å²) < 4.78 is 29.3. The quantitative estimate of drug-likeness (QED) is 0.322. The highest BCUT2D eigenvalue weighted by atomic mass is 32.2. The maximum Gasteiger partial charge on any atom is 0.238 e. The molecule has 1 amide bonds. The highest BCUT2D eigenvalue weighted by Gasteiger charge is 2.22. The molecule has 1 aliphatic rings. The van der Waals surface area contributed by atoms with Crippen LogP contribution in [0.4, 0.5) is 5.69 Å². The molecule has 2 aromatic rings. The molecule has 0 spiro atoms. The Labute approximate surface area is 234 Å². The molecule has 39 heavy (non-hydrogen) atoms. The second-order valence-corrected chi connectivity index (χ2v) is 11.0. The largest absolute Gasteiger partial charge is 0.492 e. The summed E-state index contributed by atoms with van der Waals surface area (Å²) in [5, 5.41) is 13.5. The van der Waals surface area contributed by atoms with Crippen molar-refractivity contribution in [2.24, 2.45) is 0 Å². The lowest BCUT2D eigenvalue weighted by Gasteiger charge is -2.35. The topological polar surface area (TPSA) is 101 Å². The van der Waals surface area contributed by atoms with Crippen LogP contribution in [-0.2, 0) is 15.6 Å². The molecule has 0 bridgehead atoms. The van der Waals surface area contributed by atoms with Crippen molar-refractivity contribution in [2.45, 2.75) is 44.6 Å². The lowest BCUT2D eigenvalue weighted by atomic mass is 10.2. The zero-order valence-corrected chi connectivity index (χ0v) is 24.2. The van der Waals surface area contributed by atoms with Gasteiger partial charge in [0.15, 0.2) is 0 Å². The van der Waals surface area contributed by atoms with E-state index >= 15 is 0 Å². The van der Waals surface area contributed by atoms with Gasteiger partial charge in [0.1, 0.15) is 35.6 Å². The van der Waals surface area contributed by atoms with Gasteiger partial charge in [-0.1, -0.05) is 19.4 Å². The number of unbranched alkanes of at least 4 members (excludes halogenated alkanes) is 1. The predicted octanol–water partition coefficient (Wildman–Crippen LogP) is 3.39. The number of nitrogens with one attached hydrogen (secondary N) is 1. The number of carbonyl (C=O) groups excluding carboxylic acids is 1. The number of aliphatic hydroxyl groups is 1. The second kappa shape index (κ2) is 16.4. The van der Waals surface area contributed by atoms with Crippen LogP contribution in [-0.4, -0.2) is 96.0 Å². The van der Waals surface area contributed by atoms with E-state index in [2.05, 4.69) is 22.0 Å². The van der Waals surface area contributed by atoms with Crippen LogP contribution in [0.5, 0.6) is 17.2 Å². The lowest BCUT2D eigenvalue weighted by molar-refractivity contribution is -0.117. The van der Waals surface area contributed by atoms with Crippen molar-refractivity contribution in [1.82, 2.24) is 9.80 Å². The molecule has 0 radical (unpaired) electrons. The summed E-state index contributed by atoms with van der Waals surface area (Å²) in [6.45, 7) is 10.8. The Morgan fingerprint density at radius 1 is 0.949 bits per heavy atom. The molecule has 1 heterocycles. The Morgan fingerprint density at radius 3 is 2.15 bits per heavy atom. The molecular formula is C29H43N3O6S. The minimum atomic E-state index is -0.983. The number of β-amino-alcohol motifs (C(OH)–C–C–N with tert-alkyl or cyclic N) is 1. The molecule has 0 saturated carbocycles. The van der Waals surface area contributed by atoms with E-state index < -0.39 is 16.9 Å². The number of hydrogen-bond acceptors (Lipinski definition) is 8. The summed E-state index contributed by atoms with van der Waals surface area (Å²) in [5.74, 6) is 2.39. The van der Waals surface area contributed by atoms with Gasteiger partial charge in [0, 0.05) is 43.4 Å². The van der Waals surface area contributed by atoms with Crippen molar-refractivity contribution in [3.05, 3.63) is 42.5 Å². The number of rotatable bonds is 16. The summed E-state index contributed by atoms with van der Waals surface area (Å²) in [6, 6.07) is 12.8. The third-order valence-electron chi connectivity index (χ3n) is 6.37. The van der Waals surface area contributed by atoms with Gasteiger partial charge in [-0.2, -0.15) is 0 Å². The van der Waals surface area contributed by atoms with Crippen molar-refractivity contribution in [1.29, 1.82) is 0 Å². The molecule has 2 N–H and O–H groups in total. The third kappa shape index (κ3) is 10.1. The average molecular weight is 562 g/mol. The molecule has 1 fully saturated rings. The summed E-state index contributed by atoms with van der Waals surface area (Å²) in [5.41, 5.74) is 0.562. The first-order valence-electron chi connectivity index (χ1n) is 13.9. The van der Waals surface area contributed by atoms with E-state index in [0.29, 0.717) is 48.4 Å². The monoisotopic (exact) mass is 561 g/mol. The molecule has 1 aliphatic heterocycles. The van der Waals surface area contributed by atoms with Crippen LogP contribution in [0.2, 0.25) is 0 Å². The van der Waals surface area contributed by atoms with E-state index in [9.17, 15) is 14.1 Å². The lowest BCUT2D eigenvalue weighted by Crippen LogP contribution is -2.50. The van der Waals surface area contributed by atoms with Crippen molar-refractivity contribution < 1.29 is 28.3 Å². The van der Waals surface area contributed by atoms with Crippen molar-refractivity contribution >= 4 is 22.4 Å². The van der Waals surface area contributed by atoms with Gasteiger partial charge in [0.05, 0.1) is 30.6 Å². The average Bonchev–Trinajstić information content (AvgIpc) is 2.94. The predicted molar refractivity (Wildman–Crippen MR) is 154 cm³/mol. The summed E-state index contributed by atoms with van der Waals surface area (Å²) in [7, 11) is -0.983. The van der Waals surface area contributed by atoms with Gasteiger partial charge < -0.3 is 24.6 Å². The van der Waals surface area contributed by atoms with Crippen LogP contribution in [0.15, 0.2) is 47.4 Å². The maximum absolute atomic E-state index is 12.8. The van der Waals surface area contributed by atoms with E-state index in [1.165, 1.54) is 0 Å². The molecular weight excluding hydrogens is 518 g/mol. The fourth-order valence-electron chi connectivity index (χ4n) is 4.32. The fraction of sp³-hybridized carbons (Fsp3) is 0.552. The number of anilines is 1. The van der Waals surface area contributed by atoms with Gasteiger partial charge in [-0.25, -0.2) is 0 Å². The standard InChI is InChI=1S/C29H43N3O6S/c1-4-7-19-39(35)25-13-11-24(12-14-25)38-22-23(33)20-31-15-17-32(18-16-31)21-28(34)30-29-26(36-5-2)9-8-10-27(29)37-6-3/h8-14,23,33H,4-7,15-22H2,1-3H3,(H,30,34). The molecule has 2 unspecified atom stereocenters. The number of hydrogen-bond donors (Lipinski definition) is 2. The van der Waals surface area contributed by atoms with E-state index in [4.69, 9.17) is 14.2 Å². The number of para-hydroxylation sites is 1. The molecule has 0 aromatic heterocycles. The van der Waals surface area contributed by atoms with Crippen LogP contribution in [0, 0.1) is 0 Å². The molecule has 1 saturated heterocycles. The molecule has 10 heteroatoms. The second-order valence-electron chi connectivity index (χ2n) is 9.46. The van der Waals surface area contributed by atoms with Crippen LogP contribution < -0.4 is 19.5 Å². The molecule has 3 rings (SSSR count). The fourth-order valence-corrected chi connectivity index (χ4v) is 5.55. The first-order valence-corrected chi connectivity index (χ1v) is 15.2. The van der Waals surface area contributed by atoms with Gasteiger partial charge in [-0.15, -0.1) is 0 Å². The number of ether oxygens (including phenoxy) is 3. The van der Waals surface area contributed by atoms with E-state index in [0.717, 1.165) is 43.9 Å². The number of carbonyl (C=O) groups is 1. The molecule has 9 nitrogen and oxygen atoms in total.